The third kappa shape index (κ3) is 3.90. The van der Waals surface area contributed by atoms with Gasteiger partial charge in [0, 0.05) is 6.04 Å². The molecule has 4 heteroatoms. The van der Waals surface area contributed by atoms with Gasteiger partial charge in [-0.15, -0.1) is 0 Å². The van der Waals surface area contributed by atoms with Crippen LogP contribution in [0.1, 0.15) is 46.5 Å². The molecular weight excluding hydrogens is 266 g/mol. The number of carbonyl (C=O) groups excluding carboxylic acids is 1. The van der Waals surface area contributed by atoms with E-state index in [-0.39, 0.29) is 24.0 Å². The SMILES string of the molecule is CC1CCCC(N(C(=O)OC(C)C)c2ccccc2O)C1. The molecule has 0 bridgehead atoms. The van der Waals surface area contributed by atoms with Gasteiger partial charge in [0.1, 0.15) is 5.75 Å². The van der Waals surface area contributed by atoms with Crippen molar-refractivity contribution in [3.05, 3.63) is 24.3 Å². The maximum absolute atomic E-state index is 12.5. The molecule has 1 fully saturated rings. The first kappa shape index (κ1) is 15.7. The summed E-state index contributed by atoms with van der Waals surface area (Å²) in [4.78, 5) is 14.1. The fourth-order valence-electron chi connectivity index (χ4n) is 3.01. The minimum absolute atomic E-state index is 0.0910. The Morgan fingerprint density at radius 3 is 2.67 bits per heavy atom. The molecule has 116 valence electrons. The number of carbonyl (C=O) groups is 1. The lowest BCUT2D eigenvalue weighted by molar-refractivity contribution is 0.117. The average molecular weight is 291 g/mol. The van der Waals surface area contributed by atoms with Gasteiger partial charge in [0.2, 0.25) is 0 Å². The van der Waals surface area contributed by atoms with Crippen LogP contribution in [0.2, 0.25) is 0 Å². The van der Waals surface area contributed by atoms with Gasteiger partial charge >= 0.3 is 6.09 Å². The molecule has 21 heavy (non-hydrogen) atoms. The van der Waals surface area contributed by atoms with Crippen molar-refractivity contribution in [3.63, 3.8) is 0 Å². The zero-order valence-electron chi connectivity index (χ0n) is 13.1. The maximum Gasteiger partial charge on any atom is 0.414 e. The van der Waals surface area contributed by atoms with Crippen LogP contribution in [0.3, 0.4) is 0 Å². The van der Waals surface area contributed by atoms with Crippen molar-refractivity contribution < 1.29 is 14.6 Å². The van der Waals surface area contributed by atoms with Gasteiger partial charge in [0.15, 0.2) is 0 Å². The smallest absolute Gasteiger partial charge is 0.414 e. The van der Waals surface area contributed by atoms with Gasteiger partial charge in [0.25, 0.3) is 0 Å². The Balaban J connectivity index is 2.30. The summed E-state index contributed by atoms with van der Waals surface area (Å²) < 4.78 is 5.39. The van der Waals surface area contributed by atoms with Crippen LogP contribution in [0.5, 0.6) is 5.75 Å². The van der Waals surface area contributed by atoms with Crippen molar-refractivity contribution in [1.29, 1.82) is 0 Å². The molecule has 1 aliphatic carbocycles. The number of ether oxygens (including phenoxy) is 1. The van der Waals surface area contributed by atoms with Crippen molar-refractivity contribution in [2.45, 2.75) is 58.6 Å². The lowest BCUT2D eigenvalue weighted by Crippen LogP contribution is -2.44. The number of phenols is 1. The highest BCUT2D eigenvalue weighted by Crippen LogP contribution is 2.35. The predicted molar refractivity (Wildman–Crippen MR) is 83.6 cm³/mol. The number of hydrogen-bond acceptors (Lipinski definition) is 3. The highest BCUT2D eigenvalue weighted by molar-refractivity contribution is 5.90. The standard InChI is InChI=1S/C17H25NO3/c1-12(2)21-17(20)18(14-8-6-7-13(3)11-14)15-9-4-5-10-16(15)19/h4-5,9-10,12-14,19H,6-8,11H2,1-3H3. The molecule has 0 heterocycles. The zero-order chi connectivity index (χ0) is 15.4. The number of amides is 1. The van der Waals surface area contributed by atoms with Crippen molar-refractivity contribution >= 4 is 11.8 Å². The Morgan fingerprint density at radius 2 is 2.05 bits per heavy atom. The monoisotopic (exact) mass is 291 g/mol. The molecule has 0 spiro atoms. The number of nitrogens with zero attached hydrogens (tertiary/aromatic N) is 1. The summed E-state index contributed by atoms with van der Waals surface area (Å²) >= 11 is 0. The van der Waals surface area contributed by atoms with E-state index in [0.717, 1.165) is 19.3 Å². The van der Waals surface area contributed by atoms with E-state index >= 15 is 0 Å². The molecule has 0 aliphatic heterocycles. The van der Waals surface area contributed by atoms with Gasteiger partial charge in [-0.3, -0.25) is 4.90 Å². The third-order valence-corrected chi connectivity index (χ3v) is 3.95. The first-order chi connectivity index (χ1) is 9.99. The number of hydrogen-bond donors (Lipinski definition) is 1. The zero-order valence-corrected chi connectivity index (χ0v) is 13.1. The van der Waals surface area contributed by atoms with E-state index in [0.29, 0.717) is 11.6 Å². The van der Waals surface area contributed by atoms with Gasteiger partial charge in [-0.1, -0.05) is 31.9 Å². The molecule has 2 atom stereocenters. The van der Waals surface area contributed by atoms with Crippen LogP contribution < -0.4 is 4.90 Å². The van der Waals surface area contributed by atoms with E-state index in [2.05, 4.69) is 6.92 Å². The minimum Gasteiger partial charge on any atom is -0.506 e. The summed E-state index contributed by atoms with van der Waals surface area (Å²) in [6.07, 6.45) is 3.65. The second-order valence-electron chi connectivity index (χ2n) is 6.22. The van der Waals surface area contributed by atoms with Crippen molar-refractivity contribution in [3.8, 4) is 5.75 Å². The number of aromatic hydroxyl groups is 1. The fourth-order valence-corrected chi connectivity index (χ4v) is 3.01. The lowest BCUT2D eigenvalue weighted by Gasteiger charge is -2.36. The van der Waals surface area contributed by atoms with Gasteiger partial charge in [0.05, 0.1) is 11.8 Å². The molecule has 1 aromatic carbocycles. The van der Waals surface area contributed by atoms with E-state index in [4.69, 9.17) is 4.74 Å². The summed E-state index contributed by atoms with van der Waals surface area (Å²) in [6.45, 7) is 5.89. The number of para-hydroxylation sites is 2. The molecule has 1 aromatic rings. The molecule has 1 amide bonds. The minimum atomic E-state index is -0.370. The highest BCUT2D eigenvalue weighted by atomic mass is 16.6. The molecular formula is C17H25NO3. The van der Waals surface area contributed by atoms with Crippen LogP contribution in [-0.4, -0.2) is 23.3 Å². The largest absolute Gasteiger partial charge is 0.506 e. The molecule has 1 saturated carbocycles. The summed E-state index contributed by atoms with van der Waals surface area (Å²) in [5.74, 6) is 0.709. The van der Waals surface area contributed by atoms with Gasteiger partial charge in [-0.25, -0.2) is 4.79 Å². The van der Waals surface area contributed by atoms with E-state index in [1.165, 1.54) is 6.42 Å². The van der Waals surface area contributed by atoms with Crippen LogP contribution in [0.25, 0.3) is 0 Å². The molecule has 1 N–H and O–H groups in total. The molecule has 2 rings (SSSR count). The quantitative estimate of drug-likeness (QED) is 0.902. The van der Waals surface area contributed by atoms with Crippen LogP contribution in [-0.2, 0) is 4.74 Å². The van der Waals surface area contributed by atoms with Gasteiger partial charge < -0.3 is 9.84 Å². The van der Waals surface area contributed by atoms with Crippen molar-refractivity contribution in [2.24, 2.45) is 5.92 Å². The van der Waals surface area contributed by atoms with Crippen LogP contribution >= 0.6 is 0 Å². The molecule has 4 nitrogen and oxygen atoms in total. The van der Waals surface area contributed by atoms with Gasteiger partial charge in [-0.2, -0.15) is 0 Å². The Labute approximate surface area is 126 Å². The second-order valence-corrected chi connectivity index (χ2v) is 6.22. The first-order valence-electron chi connectivity index (χ1n) is 7.77. The molecule has 0 aromatic heterocycles. The topological polar surface area (TPSA) is 49.8 Å². The number of benzene rings is 1. The van der Waals surface area contributed by atoms with Gasteiger partial charge in [-0.05, 0) is 44.7 Å². The van der Waals surface area contributed by atoms with E-state index in [9.17, 15) is 9.90 Å². The van der Waals surface area contributed by atoms with Crippen molar-refractivity contribution in [2.75, 3.05) is 4.90 Å². The second kappa shape index (κ2) is 6.83. The summed E-state index contributed by atoms with van der Waals surface area (Å²) in [6, 6.07) is 7.06. The predicted octanol–water partition coefficient (Wildman–Crippen LogP) is 4.32. The molecule has 0 radical (unpaired) electrons. The maximum atomic E-state index is 12.5. The van der Waals surface area contributed by atoms with E-state index in [1.54, 1.807) is 23.1 Å². The fraction of sp³-hybridized carbons (Fsp3) is 0.588. The molecule has 1 aliphatic rings. The molecule has 2 unspecified atom stereocenters. The summed E-state index contributed by atoms with van der Waals surface area (Å²) in [5.41, 5.74) is 0.544. The number of rotatable bonds is 3. The Hall–Kier alpha value is -1.71. The highest BCUT2D eigenvalue weighted by Gasteiger charge is 2.32. The van der Waals surface area contributed by atoms with E-state index < -0.39 is 0 Å². The normalized spacial score (nSPS) is 22.1. The summed E-state index contributed by atoms with van der Waals surface area (Å²) in [5, 5.41) is 10.1. The summed E-state index contributed by atoms with van der Waals surface area (Å²) in [7, 11) is 0. The third-order valence-electron chi connectivity index (χ3n) is 3.95. The van der Waals surface area contributed by atoms with Crippen LogP contribution in [0.4, 0.5) is 10.5 Å². The Morgan fingerprint density at radius 1 is 1.33 bits per heavy atom. The van der Waals surface area contributed by atoms with Crippen LogP contribution in [0, 0.1) is 5.92 Å². The first-order valence-corrected chi connectivity index (χ1v) is 7.77. The Bertz CT molecular complexity index is 487. The molecule has 0 saturated heterocycles. The van der Waals surface area contributed by atoms with E-state index in [1.807, 2.05) is 19.9 Å². The number of phenolic OH excluding ortho intramolecular Hbond substituents is 1. The van der Waals surface area contributed by atoms with Crippen LogP contribution in [0.15, 0.2) is 24.3 Å². The Kier molecular flexibility index (Phi) is 5.10. The van der Waals surface area contributed by atoms with Crippen molar-refractivity contribution in [1.82, 2.24) is 0 Å². The average Bonchev–Trinajstić information content (AvgIpc) is 2.40. The number of anilines is 1. The lowest BCUT2D eigenvalue weighted by atomic mass is 9.86.